The minimum Gasteiger partial charge on any atom is -0.288 e. The fraction of sp³-hybridized carbons (Fsp3) is 0.333. The van der Waals surface area contributed by atoms with Crippen molar-refractivity contribution in [2.45, 2.75) is 6.92 Å². The van der Waals surface area contributed by atoms with Gasteiger partial charge in [-0.3, -0.25) is 4.42 Å². The van der Waals surface area contributed by atoms with Gasteiger partial charge in [0.15, 0.2) is 0 Å². The molecule has 0 aromatic rings. The van der Waals surface area contributed by atoms with Crippen molar-refractivity contribution in [3.05, 3.63) is 23.9 Å². The van der Waals surface area contributed by atoms with Gasteiger partial charge in [0.2, 0.25) is 0 Å². The van der Waals surface area contributed by atoms with Gasteiger partial charge < -0.3 is 0 Å². The highest BCUT2D eigenvalue weighted by molar-refractivity contribution is 6.14. The Morgan fingerprint density at radius 3 is 2.88 bits per heavy atom. The van der Waals surface area contributed by atoms with Crippen molar-refractivity contribution < 1.29 is 0 Å². The summed E-state index contributed by atoms with van der Waals surface area (Å²) in [4.78, 5) is 0. The third-order valence-electron chi connectivity index (χ3n) is 1.03. The molecule has 0 unspecified atom stereocenters. The van der Waals surface area contributed by atoms with Crippen molar-refractivity contribution in [3.63, 3.8) is 0 Å². The highest BCUT2D eigenvalue weighted by Crippen LogP contribution is 2.07. The fourth-order valence-corrected chi connectivity index (χ4v) is 0.898. The Hall–Kier alpha value is -0.430. The highest BCUT2D eigenvalue weighted by Gasteiger charge is 1.97. The zero-order chi connectivity index (χ0) is 5.98. The molecule has 0 N–H and O–H groups in total. The Balaban J connectivity index is 2.59. The number of hydrogen-bond acceptors (Lipinski definition) is 1. The Labute approximate surface area is 54.4 Å². The Bertz CT molecular complexity index is 137. The van der Waals surface area contributed by atoms with Crippen molar-refractivity contribution >= 4 is 11.8 Å². The van der Waals surface area contributed by atoms with Crippen LogP contribution in [0.3, 0.4) is 0 Å². The number of nitrogens with zero attached hydrogens (tertiary/aromatic N) is 1. The van der Waals surface area contributed by atoms with Crippen molar-refractivity contribution in [3.8, 4) is 0 Å². The lowest BCUT2D eigenvalue weighted by Gasteiger charge is -2.12. The van der Waals surface area contributed by atoms with E-state index in [0.717, 1.165) is 6.54 Å². The van der Waals surface area contributed by atoms with E-state index in [-0.39, 0.29) is 0 Å². The van der Waals surface area contributed by atoms with Crippen LogP contribution in [0.2, 0.25) is 0 Å². The summed E-state index contributed by atoms with van der Waals surface area (Å²) in [6.07, 6.45) is 5.83. The van der Waals surface area contributed by atoms with Gasteiger partial charge in [0.1, 0.15) is 0 Å². The van der Waals surface area contributed by atoms with Gasteiger partial charge in [0, 0.05) is 18.0 Å². The summed E-state index contributed by atoms with van der Waals surface area (Å²) < 4.78 is 1.63. The van der Waals surface area contributed by atoms with E-state index < -0.39 is 0 Å². The molecule has 1 heterocycles. The molecule has 0 atom stereocenters. The van der Waals surface area contributed by atoms with E-state index in [0.29, 0.717) is 0 Å². The number of hydrogen-bond donors (Lipinski definition) is 0. The molecule has 1 rings (SSSR count). The molecule has 44 valence electrons. The molecule has 8 heavy (non-hydrogen) atoms. The first-order chi connectivity index (χ1) is 3.79. The zero-order valence-corrected chi connectivity index (χ0v) is 5.52. The minimum absolute atomic E-state index is 0.845. The predicted octanol–water partition coefficient (Wildman–Crippen LogP) is 1.92. The van der Waals surface area contributed by atoms with Crippen LogP contribution in [0.5, 0.6) is 0 Å². The smallest absolute Gasteiger partial charge is 0.0553 e. The van der Waals surface area contributed by atoms with E-state index in [1.807, 2.05) is 12.3 Å². The molecule has 0 bridgehead atoms. The van der Waals surface area contributed by atoms with Crippen LogP contribution >= 0.6 is 11.8 Å². The summed E-state index contributed by atoms with van der Waals surface area (Å²) in [6, 6.07) is 0. The van der Waals surface area contributed by atoms with Crippen molar-refractivity contribution in [2.75, 3.05) is 6.54 Å². The maximum absolute atomic E-state index is 5.62. The molecule has 1 aliphatic heterocycles. The fourth-order valence-electron chi connectivity index (χ4n) is 0.644. The van der Waals surface area contributed by atoms with Crippen LogP contribution in [0.15, 0.2) is 23.9 Å². The van der Waals surface area contributed by atoms with Crippen LogP contribution in [0, 0.1) is 0 Å². The van der Waals surface area contributed by atoms with E-state index in [4.69, 9.17) is 11.8 Å². The average molecular weight is 130 g/mol. The van der Waals surface area contributed by atoms with Gasteiger partial charge in [-0.1, -0.05) is 11.6 Å². The second kappa shape index (κ2) is 2.23. The molecule has 2 heteroatoms. The molecule has 1 aliphatic rings. The average Bonchev–Trinajstić information content (AvgIpc) is 1.64. The summed E-state index contributed by atoms with van der Waals surface area (Å²) in [5, 5.41) is 0. The second-order valence-corrected chi connectivity index (χ2v) is 2.35. The monoisotopic (exact) mass is 129 g/mol. The zero-order valence-electron chi connectivity index (χ0n) is 4.76. The third kappa shape index (κ3) is 1.27. The van der Waals surface area contributed by atoms with E-state index in [2.05, 4.69) is 13.0 Å². The van der Waals surface area contributed by atoms with Crippen LogP contribution in [-0.2, 0) is 0 Å². The van der Waals surface area contributed by atoms with Crippen LogP contribution in [0.1, 0.15) is 6.92 Å². The highest BCUT2D eigenvalue weighted by atomic mass is 35.5. The topological polar surface area (TPSA) is 3.24 Å². The number of halogens is 1. The summed E-state index contributed by atoms with van der Waals surface area (Å²) >= 11 is 5.62. The van der Waals surface area contributed by atoms with Gasteiger partial charge in [-0.15, -0.1) is 0 Å². The lowest BCUT2D eigenvalue weighted by Crippen LogP contribution is -2.08. The predicted molar refractivity (Wildman–Crippen MR) is 35.5 cm³/mol. The first-order valence-electron chi connectivity index (χ1n) is 2.55. The van der Waals surface area contributed by atoms with Gasteiger partial charge in [0.05, 0.1) is 6.54 Å². The quantitative estimate of drug-likeness (QED) is 0.452. The van der Waals surface area contributed by atoms with Gasteiger partial charge in [-0.05, 0) is 13.0 Å². The van der Waals surface area contributed by atoms with E-state index >= 15 is 0 Å². The third-order valence-corrected chi connectivity index (χ3v) is 1.26. The summed E-state index contributed by atoms with van der Waals surface area (Å²) in [7, 11) is 0. The van der Waals surface area contributed by atoms with Gasteiger partial charge in [-0.2, -0.15) is 0 Å². The van der Waals surface area contributed by atoms with E-state index in [1.165, 1.54) is 5.57 Å². The van der Waals surface area contributed by atoms with E-state index in [9.17, 15) is 0 Å². The molecule has 0 aromatic heterocycles. The SMILES string of the molecule is CC1=CC=CN(Cl)C1. The maximum Gasteiger partial charge on any atom is 0.0553 e. The van der Waals surface area contributed by atoms with Crippen LogP contribution in [0.4, 0.5) is 0 Å². The summed E-state index contributed by atoms with van der Waals surface area (Å²) in [5.41, 5.74) is 1.29. The molecule has 1 nitrogen and oxygen atoms in total. The molecule has 0 fully saturated rings. The maximum atomic E-state index is 5.62. The first kappa shape index (κ1) is 5.70. The van der Waals surface area contributed by atoms with E-state index in [1.54, 1.807) is 4.42 Å². The number of rotatable bonds is 0. The standard InChI is InChI=1S/C6H8ClN/c1-6-3-2-4-8(7)5-6/h2-4H,5H2,1H3. The first-order valence-corrected chi connectivity index (χ1v) is 2.89. The van der Waals surface area contributed by atoms with Gasteiger partial charge in [0.25, 0.3) is 0 Å². The van der Waals surface area contributed by atoms with Gasteiger partial charge in [-0.25, -0.2) is 0 Å². The molecule has 0 saturated carbocycles. The molecular formula is C6H8ClN. The summed E-state index contributed by atoms with van der Waals surface area (Å²) in [6.45, 7) is 2.90. The minimum atomic E-state index is 0.845. The second-order valence-electron chi connectivity index (χ2n) is 1.91. The van der Waals surface area contributed by atoms with Gasteiger partial charge >= 0.3 is 0 Å². The van der Waals surface area contributed by atoms with Crippen molar-refractivity contribution in [1.29, 1.82) is 0 Å². The normalized spacial score (nSPS) is 18.8. The largest absolute Gasteiger partial charge is 0.288 e. The molecule has 0 saturated heterocycles. The molecular weight excluding hydrogens is 122 g/mol. The molecule has 0 amide bonds. The van der Waals surface area contributed by atoms with Crippen LogP contribution in [0.25, 0.3) is 0 Å². The number of allylic oxidation sites excluding steroid dienone is 2. The summed E-state index contributed by atoms with van der Waals surface area (Å²) in [5.74, 6) is 0. The molecule has 0 spiro atoms. The Morgan fingerprint density at radius 1 is 1.75 bits per heavy atom. The molecule has 0 radical (unpaired) electrons. The van der Waals surface area contributed by atoms with Crippen LogP contribution in [-0.4, -0.2) is 11.0 Å². The van der Waals surface area contributed by atoms with Crippen molar-refractivity contribution in [2.24, 2.45) is 0 Å². The van der Waals surface area contributed by atoms with Crippen LogP contribution < -0.4 is 0 Å². The Morgan fingerprint density at radius 2 is 2.50 bits per heavy atom. The lowest BCUT2D eigenvalue weighted by molar-refractivity contribution is 0.647. The van der Waals surface area contributed by atoms with Crippen molar-refractivity contribution in [1.82, 2.24) is 4.42 Å². The molecule has 0 aromatic carbocycles. The molecule has 0 aliphatic carbocycles. The Kier molecular flexibility index (Phi) is 1.59. The lowest BCUT2D eigenvalue weighted by atomic mass is 10.2.